The molecule has 0 atom stereocenters. The Morgan fingerprint density at radius 1 is 1.44 bits per heavy atom. The van der Waals surface area contributed by atoms with Crippen molar-refractivity contribution in [1.82, 2.24) is 30.5 Å². The minimum Gasteiger partial charge on any atom is -0.409 e. The Labute approximate surface area is 144 Å². The van der Waals surface area contributed by atoms with Crippen LogP contribution in [0.1, 0.15) is 11.4 Å². The molecular formula is C12H11ClFN9O2. The van der Waals surface area contributed by atoms with Crippen molar-refractivity contribution >= 4 is 29.1 Å². The first-order valence-corrected chi connectivity index (χ1v) is 7.24. The molecule has 25 heavy (non-hydrogen) atoms. The molecule has 0 unspecified atom stereocenters. The molecule has 0 spiro atoms. The summed E-state index contributed by atoms with van der Waals surface area (Å²) in [5.41, 5.74) is 6.31. The number of oxime groups is 1. The van der Waals surface area contributed by atoms with Crippen molar-refractivity contribution < 1.29 is 14.2 Å². The van der Waals surface area contributed by atoms with E-state index in [1.54, 1.807) is 0 Å². The van der Waals surface area contributed by atoms with Crippen LogP contribution in [-0.4, -0.2) is 41.6 Å². The molecular weight excluding hydrogens is 357 g/mol. The largest absolute Gasteiger partial charge is 0.409 e. The van der Waals surface area contributed by atoms with Gasteiger partial charge in [0.2, 0.25) is 5.84 Å². The number of anilines is 2. The normalized spacial score (nSPS) is 11.7. The van der Waals surface area contributed by atoms with Gasteiger partial charge < -0.3 is 16.3 Å². The van der Waals surface area contributed by atoms with Crippen LogP contribution in [0.5, 0.6) is 0 Å². The molecule has 3 rings (SSSR count). The summed E-state index contributed by atoms with van der Waals surface area (Å²) >= 11 is 5.72. The van der Waals surface area contributed by atoms with Crippen LogP contribution in [0, 0.1) is 5.82 Å². The van der Waals surface area contributed by atoms with Gasteiger partial charge in [-0.25, -0.2) is 9.02 Å². The zero-order valence-electron chi connectivity index (χ0n) is 12.5. The minimum atomic E-state index is -0.571. The molecule has 2 heterocycles. The third-order valence-corrected chi connectivity index (χ3v) is 3.37. The van der Waals surface area contributed by atoms with Gasteiger partial charge in [0, 0.05) is 12.1 Å². The van der Waals surface area contributed by atoms with Crippen molar-refractivity contribution in [1.29, 1.82) is 0 Å². The van der Waals surface area contributed by atoms with Crippen LogP contribution < -0.4 is 11.1 Å². The zero-order chi connectivity index (χ0) is 17.8. The van der Waals surface area contributed by atoms with Crippen LogP contribution in [0.2, 0.25) is 5.02 Å². The SMILES string of the molecule is Nc1nnn(CCc2nonc2/C(=N/O)Nc2ccc(F)c(Cl)c2)n1. The number of hydrogen-bond donors (Lipinski definition) is 3. The molecule has 2 aromatic heterocycles. The molecule has 0 amide bonds. The Hall–Kier alpha value is -3.28. The van der Waals surface area contributed by atoms with Gasteiger partial charge in [0.1, 0.15) is 11.5 Å². The average molecular weight is 368 g/mol. The van der Waals surface area contributed by atoms with Crippen molar-refractivity contribution in [3.05, 3.63) is 40.4 Å². The van der Waals surface area contributed by atoms with Crippen LogP contribution >= 0.6 is 11.6 Å². The van der Waals surface area contributed by atoms with Crippen molar-refractivity contribution in [2.75, 3.05) is 11.1 Å². The number of halogens is 2. The highest BCUT2D eigenvalue weighted by Gasteiger charge is 2.18. The zero-order valence-corrected chi connectivity index (χ0v) is 13.2. The van der Waals surface area contributed by atoms with Gasteiger partial charge in [-0.3, -0.25) is 0 Å². The number of amidine groups is 1. The second kappa shape index (κ2) is 7.09. The fraction of sp³-hybridized carbons (Fsp3) is 0.167. The van der Waals surface area contributed by atoms with Crippen LogP contribution in [0.4, 0.5) is 16.0 Å². The molecule has 3 aromatic rings. The maximum atomic E-state index is 13.2. The van der Waals surface area contributed by atoms with Crippen molar-refractivity contribution in [2.24, 2.45) is 5.16 Å². The number of benzene rings is 1. The predicted molar refractivity (Wildman–Crippen MR) is 83.6 cm³/mol. The van der Waals surface area contributed by atoms with Gasteiger partial charge in [-0.15, -0.1) is 5.10 Å². The van der Waals surface area contributed by atoms with E-state index in [1.165, 1.54) is 23.0 Å². The summed E-state index contributed by atoms with van der Waals surface area (Å²) in [6.07, 6.45) is 0.305. The Morgan fingerprint density at radius 2 is 2.28 bits per heavy atom. The summed E-state index contributed by atoms with van der Waals surface area (Å²) in [4.78, 5) is 1.27. The quantitative estimate of drug-likeness (QED) is 0.258. The van der Waals surface area contributed by atoms with E-state index in [9.17, 15) is 9.60 Å². The molecule has 11 nitrogen and oxygen atoms in total. The first-order chi connectivity index (χ1) is 12.1. The lowest BCUT2D eigenvalue weighted by molar-refractivity contribution is 0.300. The fourth-order valence-corrected chi connectivity index (χ4v) is 2.13. The van der Waals surface area contributed by atoms with Gasteiger partial charge in [-0.2, -0.15) is 4.80 Å². The third-order valence-electron chi connectivity index (χ3n) is 3.08. The Kier molecular flexibility index (Phi) is 4.70. The summed E-state index contributed by atoms with van der Waals surface area (Å²) in [6, 6.07) is 3.92. The highest BCUT2D eigenvalue weighted by Crippen LogP contribution is 2.20. The van der Waals surface area contributed by atoms with Crippen molar-refractivity contribution in [3.8, 4) is 0 Å². The van der Waals surface area contributed by atoms with E-state index in [4.69, 9.17) is 22.0 Å². The molecule has 0 bridgehead atoms. The van der Waals surface area contributed by atoms with Gasteiger partial charge in [0.05, 0.1) is 11.6 Å². The summed E-state index contributed by atoms with van der Waals surface area (Å²) in [5, 5.41) is 33.6. The van der Waals surface area contributed by atoms with Crippen LogP contribution in [0.15, 0.2) is 28.0 Å². The van der Waals surface area contributed by atoms with Gasteiger partial charge in [0.15, 0.2) is 5.69 Å². The highest BCUT2D eigenvalue weighted by atomic mass is 35.5. The summed E-state index contributed by atoms with van der Waals surface area (Å²) < 4.78 is 17.9. The van der Waals surface area contributed by atoms with Gasteiger partial charge >= 0.3 is 0 Å². The van der Waals surface area contributed by atoms with E-state index in [1.807, 2.05) is 0 Å². The molecule has 0 radical (unpaired) electrons. The molecule has 130 valence electrons. The lowest BCUT2D eigenvalue weighted by Gasteiger charge is -2.07. The van der Waals surface area contributed by atoms with E-state index < -0.39 is 5.82 Å². The molecule has 0 aliphatic carbocycles. The first-order valence-electron chi connectivity index (χ1n) is 6.86. The molecule has 0 aliphatic rings. The Bertz CT molecular complexity index is 910. The van der Waals surface area contributed by atoms with Crippen LogP contribution in [0.3, 0.4) is 0 Å². The maximum absolute atomic E-state index is 13.2. The van der Waals surface area contributed by atoms with E-state index in [0.29, 0.717) is 24.3 Å². The minimum absolute atomic E-state index is 0.0472. The number of aryl methyl sites for hydroxylation is 2. The number of aromatic nitrogens is 6. The lowest BCUT2D eigenvalue weighted by Crippen LogP contribution is -2.17. The number of nitrogens with one attached hydrogen (secondary N) is 1. The second-order valence-corrected chi connectivity index (χ2v) is 5.16. The molecule has 4 N–H and O–H groups in total. The number of hydrogen-bond acceptors (Lipinski definition) is 9. The number of nitrogen functional groups attached to an aromatic ring is 1. The third kappa shape index (κ3) is 3.80. The maximum Gasteiger partial charge on any atom is 0.260 e. The second-order valence-electron chi connectivity index (χ2n) is 4.76. The molecule has 0 aliphatic heterocycles. The van der Waals surface area contributed by atoms with Crippen LogP contribution in [0.25, 0.3) is 0 Å². The van der Waals surface area contributed by atoms with E-state index in [0.717, 1.165) is 0 Å². The highest BCUT2D eigenvalue weighted by molar-refractivity contribution is 6.31. The van der Waals surface area contributed by atoms with E-state index >= 15 is 0 Å². The molecule has 13 heteroatoms. The number of nitrogens with two attached hydrogens (primary N) is 1. The average Bonchev–Trinajstić information content (AvgIpc) is 3.22. The number of nitrogens with zero attached hydrogens (tertiary/aromatic N) is 7. The predicted octanol–water partition coefficient (Wildman–Crippen LogP) is 0.921. The summed E-state index contributed by atoms with van der Waals surface area (Å²) in [6.45, 7) is 0.298. The molecule has 1 aromatic carbocycles. The standard InChI is InChI=1S/C12H11ClFN9O2/c13-7-5-6(1-2-8(7)14)16-11(19-24)10-9(20-25-21-10)3-4-23-18-12(15)17-22-23/h1-2,5,24H,3-4H2,(H2,15,18)(H,16,19). The topological polar surface area (TPSA) is 153 Å². The summed E-state index contributed by atoms with van der Waals surface area (Å²) in [7, 11) is 0. The Morgan fingerprint density at radius 3 is 2.96 bits per heavy atom. The molecule has 0 fully saturated rings. The number of rotatable bonds is 5. The molecule has 0 saturated carbocycles. The summed E-state index contributed by atoms with van der Waals surface area (Å²) in [5.74, 6) is -0.575. The van der Waals surface area contributed by atoms with Crippen LogP contribution in [-0.2, 0) is 13.0 Å². The monoisotopic (exact) mass is 367 g/mol. The van der Waals surface area contributed by atoms with E-state index in [-0.39, 0.29) is 22.5 Å². The Balaban J connectivity index is 1.75. The van der Waals surface area contributed by atoms with Crippen molar-refractivity contribution in [2.45, 2.75) is 13.0 Å². The molecule has 0 saturated heterocycles. The van der Waals surface area contributed by atoms with Gasteiger partial charge in [-0.05, 0) is 28.6 Å². The fourth-order valence-electron chi connectivity index (χ4n) is 1.95. The number of tetrazole rings is 1. The lowest BCUT2D eigenvalue weighted by atomic mass is 10.2. The van der Waals surface area contributed by atoms with Gasteiger partial charge in [-0.1, -0.05) is 27.0 Å². The smallest absolute Gasteiger partial charge is 0.260 e. The first kappa shape index (κ1) is 16.6. The van der Waals surface area contributed by atoms with Gasteiger partial charge in [0.25, 0.3) is 5.95 Å². The van der Waals surface area contributed by atoms with Crippen molar-refractivity contribution in [3.63, 3.8) is 0 Å². The van der Waals surface area contributed by atoms with E-state index in [2.05, 4.69) is 36.2 Å².